The number of nitrogens with zero attached hydrogens (tertiary/aromatic N) is 1. The Bertz CT molecular complexity index is 895. The van der Waals surface area contributed by atoms with E-state index in [9.17, 15) is 4.79 Å². The molecule has 1 aliphatic rings. The topological polar surface area (TPSA) is 65.1 Å². The van der Waals surface area contributed by atoms with Gasteiger partial charge in [0.05, 0.1) is 19.9 Å². The maximum Gasteiger partial charge on any atom is 0.290 e. The van der Waals surface area contributed by atoms with Crippen molar-refractivity contribution in [1.29, 1.82) is 0 Å². The number of methoxy groups -OCH3 is 1. The van der Waals surface area contributed by atoms with Crippen molar-refractivity contribution < 1.29 is 23.1 Å². The molecule has 1 fully saturated rings. The van der Waals surface area contributed by atoms with E-state index in [0.717, 1.165) is 18.6 Å². The van der Waals surface area contributed by atoms with Gasteiger partial charge in [-0.2, -0.15) is 0 Å². The second kappa shape index (κ2) is 7.61. The number of benzene rings is 1. The normalized spacial score (nSPS) is 13.4. The molecule has 2 aromatic heterocycles. The maximum absolute atomic E-state index is 12.9. The van der Waals surface area contributed by atoms with Crippen molar-refractivity contribution in [3.8, 4) is 11.5 Å². The molecule has 0 saturated heterocycles. The van der Waals surface area contributed by atoms with E-state index in [1.165, 1.54) is 0 Å². The first-order chi connectivity index (χ1) is 13.2. The second-order valence-corrected chi connectivity index (χ2v) is 6.45. The molecular formula is C21H21NO5. The van der Waals surface area contributed by atoms with Crippen molar-refractivity contribution >= 4 is 5.91 Å². The van der Waals surface area contributed by atoms with E-state index in [0.29, 0.717) is 29.6 Å². The highest BCUT2D eigenvalue weighted by molar-refractivity contribution is 5.92. The fraction of sp³-hybridized carbons (Fsp3) is 0.286. The molecule has 2 heterocycles. The molecule has 6 nitrogen and oxygen atoms in total. The zero-order valence-corrected chi connectivity index (χ0v) is 15.1. The minimum Gasteiger partial charge on any atom is -0.493 e. The first-order valence-electron chi connectivity index (χ1n) is 8.92. The van der Waals surface area contributed by atoms with Crippen molar-refractivity contribution in [2.75, 3.05) is 7.11 Å². The maximum atomic E-state index is 12.9. The molecule has 0 aliphatic heterocycles. The Morgan fingerprint density at radius 3 is 2.59 bits per heavy atom. The van der Waals surface area contributed by atoms with Crippen LogP contribution in [0.3, 0.4) is 0 Å². The molecular weight excluding hydrogens is 346 g/mol. The molecule has 0 N–H and O–H groups in total. The van der Waals surface area contributed by atoms with Crippen LogP contribution in [-0.4, -0.2) is 24.0 Å². The van der Waals surface area contributed by atoms with E-state index < -0.39 is 0 Å². The van der Waals surface area contributed by atoms with Crippen LogP contribution < -0.4 is 9.47 Å². The first-order valence-corrected chi connectivity index (χ1v) is 8.92. The molecule has 6 heteroatoms. The molecule has 0 unspecified atom stereocenters. The van der Waals surface area contributed by atoms with Gasteiger partial charge >= 0.3 is 0 Å². The van der Waals surface area contributed by atoms with Gasteiger partial charge in [-0.05, 0) is 49.2 Å². The number of para-hydroxylation sites is 2. The third kappa shape index (κ3) is 4.00. The number of furan rings is 2. The van der Waals surface area contributed by atoms with Gasteiger partial charge < -0.3 is 23.2 Å². The fourth-order valence-electron chi connectivity index (χ4n) is 2.92. The highest BCUT2D eigenvalue weighted by Crippen LogP contribution is 2.31. The van der Waals surface area contributed by atoms with Crippen LogP contribution in [0.2, 0.25) is 0 Å². The third-order valence-corrected chi connectivity index (χ3v) is 4.47. The molecule has 0 spiro atoms. The summed E-state index contributed by atoms with van der Waals surface area (Å²) in [6.45, 7) is 0.666. The summed E-state index contributed by atoms with van der Waals surface area (Å²) >= 11 is 0. The van der Waals surface area contributed by atoms with E-state index in [2.05, 4.69) is 0 Å². The summed E-state index contributed by atoms with van der Waals surface area (Å²) in [7, 11) is 1.59. The van der Waals surface area contributed by atoms with Gasteiger partial charge in [-0.1, -0.05) is 12.1 Å². The number of carbonyl (C=O) groups is 1. The lowest BCUT2D eigenvalue weighted by atomic mass is 10.3. The Balaban J connectivity index is 1.42. The minimum absolute atomic E-state index is 0.127. The Labute approximate surface area is 157 Å². The van der Waals surface area contributed by atoms with Crippen molar-refractivity contribution in [2.45, 2.75) is 32.0 Å². The largest absolute Gasteiger partial charge is 0.493 e. The van der Waals surface area contributed by atoms with Gasteiger partial charge in [0, 0.05) is 6.04 Å². The van der Waals surface area contributed by atoms with Crippen LogP contribution in [0.4, 0.5) is 0 Å². The molecule has 140 valence electrons. The summed E-state index contributed by atoms with van der Waals surface area (Å²) in [5.41, 5.74) is 0. The smallest absolute Gasteiger partial charge is 0.290 e. The summed E-state index contributed by atoms with van der Waals surface area (Å²) < 4.78 is 22.1. The second-order valence-electron chi connectivity index (χ2n) is 6.45. The molecule has 1 saturated carbocycles. The highest BCUT2D eigenvalue weighted by Gasteiger charge is 2.34. The number of rotatable bonds is 8. The predicted octanol–water partition coefficient (Wildman–Crippen LogP) is 4.27. The number of carbonyl (C=O) groups excluding carboxylic acids is 1. The Morgan fingerprint density at radius 1 is 1.07 bits per heavy atom. The molecule has 1 aliphatic carbocycles. The van der Waals surface area contributed by atoms with Crippen molar-refractivity contribution in [1.82, 2.24) is 4.90 Å². The minimum atomic E-state index is -0.127. The van der Waals surface area contributed by atoms with Crippen molar-refractivity contribution in [3.05, 3.63) is 72.1 Å². The molecule has 1 amide bonds. The van der Waals surface area contributed by atoms with E-state index in [1.807, 2.05) is 41.3 Å². The number of hydrogen-bond acceptors (Lipinski definition) is 5. The lowest BCUT2D eigenvalue weighted by molar-refractivity contribution is 0.0681. The van der Waals surface area contributed by atoms with Crippen LogP contribution in [0, 0.1) is 0 Å². The van der Waals surface area contributed by atoms with Gasteiger partial charge in [-0.15, -0.1) is 0 Å². The molecule has 3 aromatic rings. The van der Waals surface area contributed by atoms with Gasteiger partial charge in [-0.3, -0.25) is 4.79 Å². The monoisotopic (exact) mass is 367 g/mol. The van der Waals surface area contributed by atoms with Gasteiger partial charge in [0.25, 0.3) is 5.91 Å². The first kappa shape index (κ1) is 17.3. The van der Waals surface area contributed by atoms with Gasteiger partial charge in [0.2, 0.25) is 0 Å². The van der Waals surface area contributed by atoms with Crippen LogP contribution in [0.5, 0.6) is 11.5 Å². The average Bonchev–Trinajstić information content (AvgIpc) is 3.20. The molecule has 1 aromatic carbocycles. The zero-order chi connectivity index (χ0) is 18.6. The standard InChI is InChI=1S/C21H21NO5/c1-24-18-6-2-3-7-19(18)26-14-17-10-11-20(27-17)21(23)22(15-8-9-15)13-16-5-4-12-25-16/h2-7,10-12,15H,8-9,13-14H2,1H3. The van der Waals surface area contributed by atoms with Crippen LogP contribution in [0.1, 0.15) is 34.9 Å². The van der Waals surface area contributed by atoms with E-state index in [4.69, 9.17) is 18.3 Å². The lowest BCUT2D eigenvalue weighted by Gasteiger charge is -2.19. The lowest BCUT2D eigenvalue weighted by Crippen LogP contribution is -2.32. The van der Waals surface area contributed by atoms with Gasteiger partial charge in [0.1, 0.15) is 18.1 Å². The van der Waals surface area contributed by atoms with Crippen molar-refractivity contribution in [3.63, 3.8) is 0 Å². The summed E-state index contributed by atoms with van der Waals surface area (Å²) in [6.07, 6.45) is 3.64. The fourth-order valence-corrected chi connectivity index (χ4v) is 2.92. The Morgan fingerprint density at radius 2 is 1.89 bits per heavy atom. The number of ether oxygens (including phenoxy) is 2. The van der Waals surface area contributed by atoms with E-state index in [-0.39, 0.29) is 18.6 Å². The number of amides is 1. The number of hydrogen-bond donors (Lipinski definition) is 0. The van der Waals surface area contributed by atoms with Crippen molar-refractivity contribution in [2.24, 2.45) is 0 Å². The van der Waals surface area contributed by atoms with Gasteiger partial charge in [0.15, 0.2) is 17.3 Å². The summed E-state index contributed by atoms with van der Waals surface area (Å²) in [5, 5.41) is 0. The zero-order valence-electron chi connectivity index (χ0n) is 15.1. The molecule has 0 atom stereocenters. The summed E-state index contributed by atoms with van der Waals surface area (Å²) in [6, 6.07) is 14.8. The molecule has 0 bridgehead atoms. The third-order valence-electron chi connectivity index (χ3n) is 4.47. The predicted molar refractivity (Wildman–Crippen MR) is 97.6 cm³/mol. The van der Waals surface area contributed by atoms with Gasteiger partial charge in [-0.25, -0.2) is 0 Å². The molecule has 27 heavy (non-hydrogen) atoms. The summed E-state index contributed by atoms with van der Waals surface area (Å²) in [4.78, 5) is 14.7. The van der Waals surface area contributed by atoms with E-state index in [1.54, 1.807) is 25.5 Å². The molecule has 4 rings (SSSR count). The quantitative estimate of drug-likeness (QED) is 0.595. The van der Waals surface area contributed by atoms with Crippen LogP contribution in [0.25, 0.3) is 0 Å². The highest BCUT2D eigenvalue weighted by atomic mass is 16.5. The Kier molecular flexibility index (Phi) is 4.87. The molecule has 0 radical (unpaired) electrons. The van der Waals surface area contributed by atoms with Crippen LogP contribution in [0.15, 0.2) is 63.6 Å². The summed E-state index contributed by atoms with van der Waals surface area (Å²) in [5.74, 6) is 2.81. The SMILES string of the molecule is COc1ccccc1OCc1ccc(C(=O)N(Cc2ccco2)C2CC2)o1. The van der Waals surface area contributed by atoms with Crippen LogP contribution in [-0.2, 0) is 13.2 Å². The average molecular weight is 367 g/mol. The van der Waals surface area contributed by atoms with Crippen LogP contribution >= 0.6 is 0 Å². The van der Waals surface area contributed by atoms with E-state index >= 15 is 0 Å². The Hall–Kier alpha value is -3.15.